The van der Waals surface area contributed by atoms with Crippen LogP contribution in [-0.2, 0) is 30.7 Å². The molecule has 0 spiro atoms. The van der Waals surface area contributed by atoms with E-state index < -0.39 is 57.4 Å². The van der Waals surface area contributed by atoms with E-state index >= 15 is 0 Å². The van der Waals surface area contributed by atoms with Gasteiger partial charge in [0.25, 0.3) is 17.0 Å². The molecule has 3 heterocycles. The van der Waals surface area contributed by atoms with Crippen molar-refractivity contribution in [1.29, 1.82) is 0 Å². The van der Waals surface area contributed by atoms with Crippen molar-refractivity contribution in [1.82, 2.24) is 19.6 Å². The van der Waals surface area contributed by atoms with Crippen LogP contribution in [-0.4, -0.2) is 57.8 Å². The van der Waals surface area contributed by atoms with Crippen LogP contribution in [0.4, 0.5) is 50.9 Å². The number of hydrogen-bond acceptors (Lipinski definition) is 10. The van der Waals surface area contributed by atoms with Crippen molar-refractivity contribution in [2.75, 3.05) is 0 Å². The Balaban J connectivity index is 0.000000259. The van der Waals surface area contributed by atoms with Crippen LogP contribution >= 0.6 is 11.6 Å². The molecule has 1 atom stereocenters. The Morgan fingerprint density at radius 1 is 0.893 bits per heavy atom. The molecular formula is C32H28ClF9N8O6. The van der Waals surface area contributed by atoms with E-state index in [1.165, 1.54) is 55.1 Å². The van der Waals surface area contributed by atoms with E-state index in [1.807, 2.05) is 0 Å². The van der Waals surface area contributed by atoms with Crippen LogP contribution in [0.2, 0.25) is 0 Å². The highest BCUT2D eigenvalue weighted by Crippen LogP contribution is 2.49. The summed E-state index contributed by atoms with van der Waals surface area (Å²) in [4.78, 5) is 24.9. The molecule has 302 valence electrons. The van der Waals surface area contributed by atoms with E-state index in [-0.39, 0.29) is 45.1 Å². The second-order valence-corrected chi connectivity index (χ2v) is 12.2. The number of rotatable bonds is 6. The molecule has 0 fully saturated rings. The lowest BCUT2D eigenvalue weighted by molar-refractivity contribution is -0.385. The molecule has 4 aromatic rings. The predicted molar refractivity (Wildman–Crippen MR) is 181 cm³/mol. The van der Waals surface area contributed by atoms with Gasteiger partial charge < -0.3 is 10.0 Å². The number of nitro benzene ring substituents is 2. The quantitative estimate of drug-likeness (QED) is 0.0659. The Morgan fingerprint density at radius 2 is 1.45 bits per heavy atom. The third kappa shape index (κ3) is 9.80. The summed E-state index contributed by atoms with van der Waals surface area (Å²) in [5, 5.41) is 42.8. The molecule has 1 N–H and O–H groups in total. The fraction of sp³-hybridized carbons (Fsp3) is 0.312. The summed E-state index contributed by atoms with van der Waals surface area (Å²) in [6.07, 6.45) is -15.4. The second-order valence-electron chi connectivity index (χ2n) is 11.8. The number of alkyl halides is 9. The summed E-state index contributed by atoms with van der Waals surface area (Å²) >= 11 is 5.52. The zero-order valence-electron chi connectivity index (χ0n) is 29.4. The summed E-state index contributed by atoms with van der Waals surface area (Å²) in [5.41, 5.74) is -5.09. The van der Waals surface area contributed by atoms with Crippen molar-refractivity contribution in [2.45, 2.75) is 51.3 Å². The average molecular weight is 827 g/mol. The monoisotopic (exact) mass is 826 g/mol. The van der Waals surface area contributed by atoms with Gasteiger partial charge in [-0.2, -0.15) is 49.7 Å². The topological polar surface area (TPSA) is 176 Å². The highest BCUT2D eigenvalue weighted by atomic mass is 35.5. The molecule has 5 rings (SSSR count). The number of hydrogen-bond donors (Lipinski definition) is 1. The number of aromatic nitrogens is 4. The molecule has 1 aliphatic heterocycles. The lowest BCUT2D eigenvalue weighted by atomic mass is 9.89. The highest BCUT2D eigenvalue weighted by molar-refractivity contribution is 6.69. The molecule has 0 saturated heterocycles. The van der Waals surface area contributed by atoms with Crippen molar-refractivity contribution in [2.24, 2.45) is 24.4 Å². The minimum atomic E-state index is -5.12. The van der Waals surface area contributed by atoms with Crippen molar-refractivity contribution < 1.29 is 59.4 Å². The van der Waals surface area contributed by atoms with Crippen molar-refractivity contribution in [3.63, 3.8) is 0 Å². The SMILES string of the molecule is C=C(c1cc(C)nn1C)C(F)(F)F.Cc1cc(/C(Cl)=N/O)ccc1[N+](=O)[O-].Cc1cc(C2=NOC(c3cc(C(F)(F)F)nn3C)(C(F)(F)F)C2)ccc1[N+](=O)[O-]. The standard InChI is InChI=1S/C16H12F6N4O3.C8H7ClN2O3.C8H9F3N2/c1-8-5-9(3-4-11(8)26(27)28)10-7-14(29-24-10,16(20,21)22)13-6-12(15(17,18)19)23-25(13)2;1-5-4-6(8(9)10-12)2-3-7(5)11(13)14;1-5-4-7(13(3)12-5)6(2)8(9,10)11/h3-6H,7H2,1-2H3;2-4,12H,1H3;4H,2H2,1,3H3/b;10-8-;. The Hall–Kier alpha value is -6.00. The minimum Gasteiger partial charge on any atom is -0.410 e. The Morgan fingerprint density at radius 3 is 1.86 bits per heavy atom. The fourth-order valence-electron chi connectivity index (χ4n) is 5.13. The van der Waals surface area contributed by atoms with Crippen LogP contribution in [0.3, 0.4) is 0 Å². The summed E-state index contributed by atoms with van der Waals surface area (Å²) < 4.78 is 119. The Kier molecular flexibility index (Phi) is 13.0. The predicted octanol–water partition coefficient (Wildman–Crippen LogP) is 8.82. The molecule has 2 aromatic carbocycles. The van der Waals surface area contributed by atoms with E-state index in [9.17, 15) is 59.7 Å². The first-order valence-electron chi connectivity index (χ1n) is 15.2. The minimum absolute atomic E-state index is 0.00463. The van der Waals surface area contributed by atoms with E-state index in [1.54, 1.807) is 13.8 Å². The van der Waals surface area contributed by atoms with Crippen LogP contribution < -0.4 is 0 Å². The highest BCUT2D eigenvalue weighted by Gasteiger charge is 2.64. The molecule has 1 aliphatic rings. The van der Waals surface area contributed by atoms with Crippen LogP contribution in [0.25, 0.3) is 5.57 Å². The van der Waals surface area contributed by atoms with Crippen molar-refractivity contribution >= 4 is 39.4 Å². The lowest BCUT2D eigenvalue weighted by Crippen LogP contribution is -2.44. The molecule has 0 saturated carbocycles. The molecule has 1 unspecified atom stereocenters. The van der Waals surface area contributed by atoms with Gasteiger partial charge in [-0.05, 0) is 57.2 Å². The summed E-state index contributed by atoms with van der Waals surface area (Å²) in [6.45, 7) is 7.60. The first kappa shape index (κ1) is 44.4. The number of nitrogens with zero attached hydrogens (tertiary/aromatic N) is 8. The van der Waals surface area contributed by atoms with Gasteiger partial charge in [0.1, 0.15) is 0 Å². The molecule has 0 radical (unpaired) electrons. The van der Waals surface area contributed by atoms with Gasteiger partial charge in [0, 0.05) is 48.5 Å². The third-order valence-corrected chi connectivity index (χ3v) is 8.16. The molecule has 2 aromatic heterocycles. The third-order valence-electron chi connectivity index (χ3n) is 7.87. The molecule has 0 bridgehead atoms. The molecule has 56 heavy (non-hydrogen) atoms. The molecule has 0 aliphatic carbocycles. The number of aryl methyl sites for hydroxylation is 5. The first-order valence-corrected chi connectivity index (χ1v) is 15.6. The van der Waals surface area contributed by atoms with Gasteiger partial charge in [0.05, 0.1) is 44.6 Å². The van der Waals surface area contributed by atoms with Gasteiger partial charge in [-0.3, -0.25) is 29.6 Å². The zero-order chi connectivity index (χ0) is 42.7. The maximum absolute atomic E-state index is 13.9. The van der Waals surface area contributed by atoms with Gasteiger partial charge in [-0.1, -0.05) is 28.5 Å². The van der Waals surface area contributed by atoms with Gasteiger partial charge in [0.2, 0.25) is 0 Å². The maximum atomic E-state index is 13.9. The summed E-state index contributed by atoms with van der Waals surface area (Å²) in [5.74, 6) is 0. The molecule has 0 amide bonds. The Bertz CT molecular complexity index is 2210. The van der Waals surface area contributed by atoms with Crippen molar-refractivity contribution in [3.8, 4) is 0 Å². The van der Waals surface area contributed by atoms with Crippen LogP contribution in [0.15, 0.2) is 65.4 Å². The van der Waals surface area contributed by atoms with E-state index in [0.717, 1.165) is 13.1 Å². The summed E-state index contributed by atoms with van der Waals surface area (Å²) in [7, 11) is 2.40. The smallest absolute Gasteiger partial charge is 0.410 e. The summed E-state index contributed by atoms with van der Waals surface area (Å²) in [6, 6.07) is 9.42. The second kappa shape index (κ2) is 16.4. The van der Waals surface area contributed by atoms with Gasteiger partial charge in [-0.15, -0.1) is 0 Å². The van der Waals surface area contributed by atoms with E-state index in [0.29, 0.717) is 21.5 Å². The Labute approximate surface area is 314 Å². The van der Waals surface area contributed by atoms with Crippen LogP contribution in [0, 0.1) is 41.0 Å². The average Bonchev–Trinajstić information content (AvgIpc) is 3.80. The normalized spacial score (nSPS) is 15.8. The van der Waals surface area contributed by atoms with Gasteiger partial charge in [-0.25, -0.2) is 0 Å². The van der Waals surface area contributed by atoms with E-state index in [2.05, 4.69) is 31.9 Å². The molecular weight excluding hydrogens is 799 g/mol. The zero-order valence-corrected chi connectivity index (χ0v) is 30.1. The number of benzene rings is 2. The van der Waals surface area contributed by atoms with Crippen molar-refractivity contribution in [3.05, 3.63) is 120 Å². The fourth-order valence-corrected chi connectivity index (χ4v) is 5.25. The largest absolute Gasteiger partial charge is 0.437 e. The number of halogens is 10. The number of allylic oxidation sites excluding steroid dienone is 1. The lowest BCUT2D eigenvalue weighted by Gasteiger charge is -2.28. The van der Waals surface area contributed by atoms with Crippen LogP contribution in [0.5, 0.6) is 0 Å². The molecule has 24 heteroatoms. The van der Waals surface area contributed by atoms with Gasteiger partial charge in [0.15, 0.2) is 10.9 Å². The number of oxime groups is 2. The maximum Gasteiger partial charge on any atom is 0.437 e. The molecule has 14 nitrogen and oxygen atoms in total. The van der Waals surface area contributed by atoms with Crippen LogP contribution in [0.1, 0.15) is 51.5 Å². The van der Waals surface area contributed by atoms with Gasteiger partial charge >= 0.3 is 18.5 Å². The van der Waals surface area contributed by atoms with E-state index in [4.69, 9.17) is 16.8 Å². The number of nitro groups is 2. The first-order chi connectivity index (χ1) is 25.6.